The number of hydrogen-bond acceptors (Lipinski definition) is 4. The van der Waals surface area contributed by atoms with Crippen molar-refractivity contribution >= 4 is 17.4 Å². The van der Waals surface area contributed by atoms with Gasteiger partial charge in [-0.1, -0.05) is 48.5 Å². The van der Waals surface area contributed by atoms with Crippen molar-refractivity contribution in [2.24, 2.45) is 16.4 Å². The molecule has 4 aliphatic heterocycles. The number of anilines is 1. The summed E-state index contributed by atoms with van der Waals surface area (Å²) in [6, 6.07) is 19.9. The SMILES string of the molecule is O=C(NN=C1C2CN3CCN(C2)CC1(Cc1ccccc1)C3)Nc1ccccc1. The van der Waals surface area contributed by atoms with E-state index in [1.165, 1.54) is 11.3 Å². The molecule has 0 aromatic heterocycles. The molecule has 4 fully saturated rings. The number of piperidine rings is 2. The summed E-state index contributed by atoms with van der Waals surface area (Å²) in [6.07, 6.45) is 0.957. The number of fused-ring (bicyclic) bond motifs is 1. The molecule has 0 radical (unpaired) electrons. The van der Waals surface area contributed by atoms with Gasteiger partial charge in [-0.15, -0.1) is 0 Å². The lowest BCUT2D eigenvalue weighted by Gasteiger charge is -2.50. The number of carbonyl (C=O) groups excluding carboxylic acids is 1. The highest BCUT2D eigenvalue weighted by atomic mass is 16.2. The van der Waals surface area contributed by atoms with Crippen molar-refractivity contribution in [2.45, 2.75) is 6.42 Å². The molecule has 2 amide bonds. The molecule has 150 valence electrons. The fourth-order valence-electron chi connectivity index (χ4n) is 5.30. The van der Waals surface area contributed by atoms with Crippen molar-refractivity contribution in [2.75, 3.05) is 44.6 Å². The molecular weight excluding hydrogens is 362 g/mol. The highest BCUT2D eigenvalue weighted by Crippen LogP contribution is 2.40. The number of rotatable bonds is 4. The van der Waals surface area contributed by atoms with Gasteiger partial charge < -0.3 is 15.1 Å². The average Bonchev–Trinajstić information content (AvgIpc) is 2.96. The van der Waals surface area contributed by atoms with E-state index in [9.17, 15) is 4.79 Å². The van der Waals surface area contributed by atoms with Gasteiger partial charge in [0.25, 0.3) is 0 Å². The van der Waals surface area contributed by atoms with Gasteiger partial charge in [0, 0.05) is 56.3 Å². The molecule has 2 aromatic carbocycles. The first-order chi connectivity index (χ1) is 14.2. The quantitative estimate of drug-likeness (QED) is 0.791. The molecule has 0 spiro atoms. The van der Waals surface area contributed by atoms with Gasteiger partial charge in [-0.2, -0.15) is 5.10 Å². The van der Waals surface area contributed by atoms with E-state index in [0.29, 0.717) is 5.92 Å². The summed E-state index contributed by atoms with van der Waals surface area (Å²) < 4.78 is 0. The van der Waals surface area contributed by atoms with Crippen molar-refractivity contribution < 1.29 is 4.79 Å². The Bertz CT molecular complexity index is 882. The summed E-state index contributed by atoms with van der Waals surface area (Å²) in [6.45, 7) is 6.34. The Morgan fingerprint density at radius 1 is 0.966 bits per heavy atom. The number of nitrogens with zero attached hydrogens (tertiary/aromatic N) is 3. The second-order valence-corrected chi connectivity index (χ2v) is 8.54. The Labute approximate surface area is 171 Å². The van der Waals surface area contributed by atoms with E-state index in [0.717, 1.165) is 51.4 Å². The van der Waals surface area contributed by atoms with Crippen LogP contribution in [0.25, 0.3) is 0 Å². The van der Waals surface area contributed by atoms with Crippen LogP contribution in [0.4, 0.5) is 10.5 Å². The van der Waals surface area contributed by atoms with Crippen molar-refractivity contribution in [3.63, 3.8) is 0 Å². The zero-order chi connectivity index (χ0) is 19.7. The third-order valence-corrected chi connectivity index (χ3v) is 6.37. The summed E-state index contributed by atoms with van der Waals surface area (Å²) in [7, 11) is 0. The third kappa shape index (κ3) is 3.78. The summed E-state index contributed by atoms with van der Waals surface area (Å²) >= 11 is 0. The maximum absolute atomic E-state index is 12.4. The maximum Gasteiger partial charge on any atom is 0.339 e. The standard InChI is InChI=1S/C23H27N5O/c29-22(24-20-9-5-2-6-10-20)26-25-21-19-14-27-11-12-28(15-19)17-23(21,16-27)13-18-7-3-1-4-8-18/h1-10,19H,11-17H2,(H2,24,26,29). The molecule has 0 saturated carbocycles. The Kier molecular flexibility index (Phi) is 4.81. The van der Waals surface area contributed by atoms with Gasteiger partial charge in [0.1, 0.15) is 0 Å². The third-order valence-electron chi connectivity index (χ3n) is 6.37. The average molecular weight is 390 g/mol. The van der Waals surface area contributed by atoms with E-state index < -0.39 is 0 Å². The molecule has 4 bridgehead atoms. The lowest BCUT2D eigenvalue weighted by atomic mass is 9.67. The number of benzene rings is 2. The van der Waals surface area contributed by atoms with Crippen molar-refractivity contribution in [3.8, 4) is 0 Å². The van der Waals surface area contributed by atoms with Gasteiger partial charge in [0.15, 0.2) is 0 Å². The minimum absolute atomic E-state index is 0.0426. The summed E-state index contributed by atoms with van der Waals surface area (Å²) in [4.78, 5) is 17.6. The van der Waals surface area contributed by atoms with Gasteiger partial charge in [-0.3, -0.25) is 0 Å². The first-order valence-electron chi connectivity index (χ1n) is 10.4. The smallest absolute Gasteiger partial charge is 0.307 e. The molecule has 4 aliphatic rings. The minimum atomic E-state index is -0.286. The normalized spacial score (nSPS) is 31.4. The first kappa shape index (κ1) is 18.3. The van der Waals surface area contributed by atoms with Crippen LogP contribution in [-0.2, 0) is 6.42 Å². The second kappa shape index (κ2) is 7.61. The Balaban J connectivity index is 1.40. The number of para-hydroxylation sites is 1. The zero-order valence-electron chi connectivity index (χ0n) is 16.6. The number of urea groups is 1. The predicted octanol–water partition coefficient (Wildman–Crippen LogP) is 2.65. The first-order valence-corrected chi connectivity index (χ1v) is 10.4. The molecule has 2 atom stereocenters. The fraction of sp³-hybridized carbons (Fsp3) is 0.391. The van der Waals surface area contributed by atoms with E-state index in [1.807, 2.05) is 30.3 Å². The van der Waals surface area contributed by atoms with Gasteiger partial charge in [-0.25, -0.2) is 10.2 Å². The molecular formula is C23H27N5O. The van der Waals surface area contributed by atoms with Gasteiger partial charge in [-0.05, 0) is 24.1 Å². The number of carbonyl (C=O) groups is 1. The second-order valence-electron chi connectivity index (χ2n) is 8.54. The van der Waals surface area contributed by atoms with Crippen LogP contribution in [0.5, 0.6) is 0 Å². The van der Waals surface area contributed by atoms with Crippen LogP contribution in [-0.4, -0.2) is 60.8 Å². The molecule has 2 unspecified atom stereocenters. The van der Waals surface area contributed by atoms with Crippen LogP contribution in [0, 0.1) is 11.3 Å². The van der Waals surface area contributed by atoms with Gasteiger partial charge in [0.2, 0.25) is 0 Å². The Morgan fingerprint density at radius 2 is 1.59 bits per heavy atom. The highest BCUT2D eigenvalue weighted by molar-refractivity contribution is 5.97. The fourth-order valence-corrected chi connectivity index (χ4v) is 5.30. The van der Waals surface area contributed by atoms with Crippen molar-refractivity contribution in [1.82, 2.24) is 15.2 Å². The maximum atomic E-state index is 12.4. The van der Waals surface area contributed by atoms with Crippen molar-refractivity contribution in [1.29, 1.82) is 0 Å². The molecule has 2 N–H and O–H groups in total. The molecule has 4 heterocycles. The summed E-state index contributed by atoms with van der Waals surface area (Å²) in [5, 5.41) is 7.59. The number of hydrazone groups is 1. The summed E-state index contributed by atoms with van der Waals surface area (Å²) in [5.41, 5.74) is 6.01. The Hall–Kier alpha value is -2.70. The molecule has 0 aliphatic carbocycles. The van der Waals surface area contributed by atoms with Crippen LogP contribution >= 0.6 is 0 Å². The molecule has 6 rings (SSSR count). The van der Waals surface area contributed by atoms with Gasteiger partial charge >= 0.3 is 6.03 Å². The minimum Gasteiger partial charge on any atom is -0.307 e. The lowest BCUT2D eigenvalue weighted by molar-refractivity contribution is 0.117. The molecule has 29 heavy (non-hydrogen) atoms. The van der Waals surface area contributed by atoms with Crippen LogP contribution in [0.1, 0.15) is 5.56 Å². The topological polar surface area (TPSA) is 60.0 Å². The molecule has 6 heteroatoms. The van der Waals surface area contributed by atoms with Crippen LogP contribution in [0.15, 0.2) is 65.8 Å². The van der Waals surface area contributed by atoms with Crippen molar-refractivity contribution in [3.05, 3.63) is 66.2 Å². The van der Waals surface area contributed by atoms with E-state index in [2.05, 4.69) is 50.9 Å². The number of hydrogen-bond donors (Lipinski definition) is 2. The van der Waals surface area contributed by atoms with E-state index in [-0.39, 0.29) is 11.4 Å². The van der Waals surface area contributed by atoms with Crippen LogP contribution < -0.4 is 10.7 Å². The predicted molar refractivity (Wildman–Crippen MR) is 115 cm³/mol. The monoisotopic (exact) mass is 389 g/mol. The molecule has 2 aromatic rings. The van der Waals surface area contributed by atoms with Gasteiger partial charge in [0.05, 0.1) is 5.71 Å². The summed E-state index contributed by atoms with van der Waals surface area (Å²) in [5.74, 6) is 0.376. The number of nitrogens with one attached hydrogen (secondary N) is 2. The molecule has 6 nitrogen and oxygen atoms in total. The highest BCUT2D eigenvalue weighted by Gasteiger charge is 2.52. The van der Waals surface area contributed by atoms with E-state index in [1.54, 1.807) is 0 Å². The molecule has 4 saturated heterocycles. The largest absolute Gasteiger partial charge is 0.339 e. The van der Waals surface area contributed by atoms with E-state index >= 15 is 0 Å². The van der Waals surface area contributed by atoms with E-state index in [4.69, 9.17) is 5.10 Å². The number of amides is 2. The van der Waals surface area contributed by atoms with Crippen LogP contribution in [0.2, 0.25) is 0 Å². The zero-order valence-corrected chi connectivity index (χ0v) is 16.6. The van der Waals surface area contributed by atoms with Crippen LogP contribution in [0.3, 0.4) is 0 Å². The Morgan fingerprint density at radius 3 is 2.24 bits per heavy atom. The lowest BCUT2D eigenvalue weighted by Crippen LogP contribution is -2.62.